The number of benzene rings is 1. The molecule has 0 spiro atoms. The van der Waals surface area contributed by atoms with Gasteiger partial charge in [0.05, 0.1) is 16.1 Å². The molecule has 1 heterocycles. The Kier molecular flexibility index (Phi) is 4.28. The smallest absolute Gasteiger partial charge is 0.184 e. The molecular formula is C13H6Br2ClNO. The summed E-state index contributed by atoms with van der Waals surface area (Å²) in [5.74, 6) is 0.588. The number of halogens is 3. The highest BCUT2D eigenvalue weighted by Gasteiger charge is 2.07. The van der Waals surface area contributed by atoms with Gasteiger partial charge in [-0.15, -0.1) is 0 Å². The number of furan rings is 1. The van der Waals surface area contributed by atoms with Crippen molar-refractivity contribution in [3.8, 4) is 6.07 Å². The molecule has 0 fully saturated rings. The van der Waals surface area contributed by atoms with Crippen molar-refractivity contribution in [3.05, 3.63) is 55.8 Å². The van der Waals surface area contributed by atoms with E-state index in [9.17, 15) is 5.26 Å². The molecule has 2 rings (SSSR count). The van der Waals surface area contributed by atoms with E-state index < -0.39 is 0 Å². The Balaban J connectivity index is 2.43. The molecule has 18 heavy (non-hydrogen) atoms. The third-order valence-electron chi connectivity index (χ3n) is 2.21. The molecule has 0 atom stereocenters. The van der Waals surface area contributed by atoms with Crippen molar-refractivity contribution in [2.75, 3.05) is 0 Å². The summed E-state index contributed by atoms with van der Waals surface area (Å²) in [7, 11) is 0. The first-order chi connectivity index (χ1) is 8.60. The molecule has 0 aliphatic carbocycles. The van der Waals surface area contributed by atoms with E-state index in [4.69, 9.17) is 16.0 Å². The lowest BCUT2D eigenvalue weighted by Crippen LogP contribution is -1.80. The van der Waals surface area contributed by atoms with Crippen LogP contribution in [0.25, 0.3) is 11.6 Å². The molecular weight excluding hydrogens is 381 g/mol. The summed E-state index contributed by atoms with van der Waals surface area (Å²) in [5.41, 5.74) is 1.25. The summed E-state index contributed by atoms with van der Waals surface area (Å²) in [4.78, 5) is 0. The van der Waals surface area contributed by atoms with Crippen LogP contribution in [0.3, 0.4) is 0 Å². The van der Waals surface area contributed by atoms with Crippen LogP contribution in [-0.2, 0) is 0 Å². The zero-order valence-electron chi connectivity index (χ0n) is 8.95. The van der Waals surface area contributed by atoms with Crippen molar-refractivity contribution in [1.82, 2.24) is 0 Å². The number of nitrogens with zero attached hydrogens (tertiary/aromatic N) is 1. The van der Waals surface area contributed by atoms with Crippen molar-refractivity contribution in [2.24, 2.45) is 0 Å². The topological polar surface area (TPSA) is 36.9 Å². The third kappa shape index (κ3) is 3.05. The molecule has 1 aromatic heterocycles. The molecule has 0 radical (unpaired) electrons. The second-order valence-electron chi connectivity index (χ2n) is 3.45. The van der Waals surface area contributed by atoms with Crippen LogP contribution in [0.15, 0.2) is 43.9 Å². The van der Waals surface area contributed by atoms with Gasteiger partial charge < -0.3 is 4.42 Å². The highest BCUT2D eigenvalue weighted by molar-refractivity contribution is 9.13. The van der Waals surface area contributed by atoms with Gasteiger partial charge in [0.25, 0.3) is 0 Å². The quantitative estimate of drug-likeness (QED) is 0.636. The number of nitriles is 1. The van der Waals surface area contributed by atoms with Crippen molar-refractivity contribution in [3.63, 3.8) is 0 Å². The van der Waals surface area contributed by atoms with Gasteiger partial charge in [0, 0.05) is 5.02 Å². The molecule has 0 aliphatic rings. The molecule has 1 aromatic carbocycles. The van der Waals surface area contributed by atoms with Gasteiger partial charge in [-0.1, -0.05) is 23.7 Å². The minimum Gasteiger partial charge on any atom is -0.449 e. The van der Waals surface area contributed by atoms with Gasteiger partial charge >= 0.3 is 0 Å². The number of hydrogen-bond acceptors (Lipinski definition) is 2. The zero-order valence-corrected chi connectivity index (χ0v) is 12.9. The molecule has 0 N–H and O–H groups in total. The summed E-state index contributed by atoms with van der Waals surface area (Å²) in [6.45, 7) is 0. The van der Waals surface area contributed by atoms with Crippen LogP contribution in [0.5, 0.6) is 0 Å². The van der Waals surface area contributed by atoms with Gasteiger partial charge in [-0.05, 0) is 61.7 Å². The fraction of sp³-hybridized carbons (Fsp3) is 0. The second-order valence-corrected chi connectivity index (χ2v) is 5.46. The minimum absolute atomic E-state index is 0.492. The second kappa shape index (κ2) is 5.75. The molecule has 2 nitrogen and oxygen atoms in total. The molecule has 0 bridgehead atoms. The fourth-order valence-corrected chi connectivity index (χ4v) is 2.21. The summed E-state index contributed by atoms with van der Waals surface area (Å²) in [6, 6.07) is 11.1. The van der Waals surface area contributed by atoms with E-state index in [1.54, 1.807) is 30.3 Å². The van der Waals surface area contributed by atoms with Crippen LogP contribution in [0.2, 0.25) is 5.02 Å². The third-order valence-corrected chi connectivity index (χ3v) is 4.15. The summed E-state index contributed by atoms with van der Waals surface area (Å²) in [6.07, 6.45) is 1.67. The van der Waals surface area contributed by atoms with Crippen molar-refractivity contribution in [1.29, 1.82) is 5.26 Å². The van der Waals surface area contributed by atoms with Crippen LogP contribution in [-0.4, -0.2) is 0 Å². The Labute approximate surface area is 126 Å². The van der Waals surface area contributed by atoms with Crippen molar-refractivity contribution in [2.45, 2.75) is 0 Å². The monoisotopic (exact) mass is 385 g/mol. The molecule has 0 saturated heterocycles. The molecule has 2 aromatic rings. The summed E-state index contributed by atoms with van der Waals surface area (Å²) in [5, 5.41) is 9.77. The maximum Gasteiger partial charge on any atom is 0.184 e. The number of hydrogen-bond donors (Lipinski definition) is 0. The maximum atomic E-state index is 9.18. The van der Waals surface area contributed by atoms with Crippen LogP contribution in [0, 0.1) is 11.3 Å². The fourth-order valence-electron chi connectivity index (χ4n) is 1.41. The Morgan fingerprint density at radius 2 is 2.11 bits per heavy atom. The average molecular weight is 387 g/mol. The van der Waals surface area contributed by atoms with E-state index in [0.717, 1.165) is 10.0 Å². The predicted molar refractivity (Wildman–Crippen MR) is 79.0 cm³/mol. The molecule has 90 valence electrons. The molecule has 0 saturated carbocycles. The Hall–Kier alpha value is -1.02. The van der Waals surface area contributed by atoms with E-state index in [-0.39, 0.29) is 0 Å². The van der Waals surface area contributed by atoms with Gasteiger partial charge in [0.15, 0.2) is 4.67 Å². The molecule has 0 aliphatic heterocycles. The highest BCUT2D eigenvalue weighted by Crippen LogP contribution is 2.29. The van der Waals surface area contributed by atoms with Gasteiger partial charge in [-0.2, -0.15) is 5.26 Å². The largest absolute Gasteiger partial charge is 0.449 e. The van der Waals surface area contributed by atoms with Crippen LogP contribution < -0.4 is 0 Å². The minimum atomic E-state index is 0.492. The van der Waals surface area contributed by atoms with E-state index in [1.807, 2.05) is 6.07 Å². The Morgan fingerprint density at radius 1 is 1.33 bits per heavy atom. The van der Waals surface area contributed by atoms with Gasteiger partial charge in [0.1, 0.15) is 5.76 Å². The van der Waals surface area contributed by atoms with Crippen LogP contribution >= 0.6 is 43.5 Å². The number of allylic oxidation sites excluding steroid dienone is 1. The number of rotatable bonds is 2. The zero-order chi connectivity index (χ0) is 13.1. The molecule has 5 heteroatoms. The van der Waals surface area contributed by atoms with Crippen molar-refractivity contribution < 1.29 is 4.42 Å². The van der Waals surface area contributed by atoms with Crippen LogP contribution in [0.1, 0.15) is 11.3 Å². The first-order valence-corrected chi connectivity index (χ1v) is 6.89. The van der Waals surface area contributed by atoms with Crippen LogP contribution in [0.4, 0.5) is 0 Å². The molecule has 0 amide bonds. The first kappa shape index (κ1) is 13.4. The molecule has 0 unspecified atom stereocenters. The Bertz CT molecular complexity index is 636. The SMILES string of the molecule is N#CC(=Cc1cc(Br)c(Br)o1)c1cccc(Cl)c1. The summed E-state index contributed by atoms with van der Waals surface area (Å²) >= 11 is 12.5. The predicted octanol–water partition coefficient (Wildman–Crippen LogP) is 5.52. The lowest BCUT2D eigenvalue weighted by atomic mass is 10.1. The Morgan fingerprint density at radius 3 is 2.67 bits per heavy atom. The first-order valence-electron chi connectivity index (χ1n) is 4.92. The van der Waals surface area contributed by atoms with Gasteiger partial charge in [-0.3, -0.25) is 0 Å². The lowest BCUT2D eigenvalue weighted by Gasteiger charge is -1.98. The summed E-state index contributed by atoms with van der Waals surface area (Å²) < 4.78 is 6.81. The van der Waals surface area contributed by atoms with Crippen molar-refractivity contribution >= 4 is 55.1 Å². The standard InChI is InChI=1S/C13H6Br2ClNO/c14-12-6-11(18-13(12)15)5-9(7-17)8-2-1-3-10(16)4-8/h1-6H. The van der Waals surface area contributed by atoms with E-state index in [0.29, 0.717) is 21.0 Å². The van der Waals surface area contributed by atoms with E-state index in [2.05, 4.69) is 37.9 Å². The van der Waals surface area contributed by atoms with Gasteiger partial charge in [-0.25, -0.2) is 0 Å². The maximum absolute atomic E-state index is 9.18. The highest BCUT2D eigenvalue weighted by atomic mass is 79.9. The average Bonchev–Trinajstić information content (AvgIpc) is 2.65. The lowest BCUT2D eigenvalue weighted by molar-refractivity contribution is 0.530. The van der Waals surface area contributed by atoms with E-state index in [1.165, 1.54) is 0 Å². The van der Waals surface area contributed by atoms with E-state index >= 15 is 0 Å². The normalized spacial score (nSPS) is 11.3. The van der Waals surface area contributed by atoms with Gasteiger partial charge in [0.2, 0.25) is 0 Å².